The smallest absolute Gasteiger partial charge is 0.233 e. The zero-order chi connectivity index (χ0) is 18.5. The number of amides is 1. The molecule has 6 nitrogen and oxygen atoms in total. The summed E-state index contributed by atoms with van der Waals surface area (Å²) in [7, 11) is 1.78. The Labute approximate surface area is 160 Å². The minimum absolute atomic E-state index is 0.0128. The summed E-state index contributed by atoms with van der Waals surface area (Å²) >= 11 is 7.43. The highest BCUT2D eigenvalue weighted by Gasteiger charge is 2.17. The molecule has 0 aliphatic heterocycles. The number of carbonyl (C=O) groups is 1. The van der Waals surface area contributed by atoms with Crippen molar-refractivity contribution in [2.45, 2.75) is 11.7 Å². The summed E-state index contributed by atoms with van der Waals surface area (Å²) in [6, 6.07) is 17.1. The van der Waals surface area contributed by atoms with Crippen LogP contribution < -0.4 is 5.84 Å². The van der Waals surface area contributed by atoms with Gasteiger partial charge in [0.1, 0.15) is 0 Å². The fourth-order valence-electron chi connectivity index (χ4n) is 2.38. The Hall–Kier alpha value is -2.51. The quantitative estimate of drug-likeness (QED) is 0.519. The molecule has 2 aromatic carbocycles. The molecular formula is C18H18ClN5OS. The molecule has 26 heavy (non-hydrogen) atoms. The zero-order valence-electron chi connectivity index (χ0n) is 14.2. The van der Waals surface area contributed by atoms with Gasteiger partial charge in [-0.1, -0.05) is 65.8 Å². The van der Waals surface area contributed by atoms with Crippen LogP contribution in [0.3, 0.4) is 0 Å². The van der Waals surface area contributed by atoms with Crippen LogP contribution in [0.15, 0.2) is 59.8 Å². The molecule has 134 valence electrons. The molecule has 1 heterocycles. The molecule has 0 bridgehead atoms. The van der Waals surface area contributed by atoms with Crippen LogP contribution in [-0.2, 0) is 11.3 Å². The van der Waals surface area contributed by atoms with Crippen molar-refractivity contribution < 1.29 is 4.79 Å². The van der Waals surface area contributed by atoms with E-state index in [9.17, 15) is 4.79 Å². The van der Waals surface area contributed by atoms with Gasteiger partial charge in [-0.05, 0) is 17.7 Å². The molecule has 0 fully saturated rings. The molecule has 0 saturated heterocycles. The van der Waals surface area contributed by atoms with E-state index >= 15 is 0 Å². The minimum atomic E-state index is -0.0128. The minimum Gasteiger partial charge on any atom is -0.341 e. The number of carbonyl (C=O) groups excluding carboxylic acids is 1. The first-order chi connectivity index (χ1) is 12.6. The molecule has 0 saturated carbocycles. The third-order valence-corrected chi connectivity index (χ3v) is 5.05. The summed E-state index contributed by atoms with van der Waals surface area (Å²) in [4.78, 5) is 14.0. The average Bonchev–Trinajstić information content (AvgIpc) is 3.01. The fraction of sp³-hybridized carbons (Fsp3) is 0.167. The van der Waals surface area contributed by atoms with Gasteiger partial charge in [0.15, 0.2) is 5.82 Å². The van der Waals surface area contributed by atoms with Crippen LogP contribution in [0.5, 0.6) is 0 Å². The van der Waals surface area contributed by atoms with E-state index in [2.05, 4.69) is 10.2 Å². The highest BCUT2D eigenvalue weighted by Crippen LogP contribution is 2.27. The van der Waals surface area contributed by atoms with Crippen molar-refractivity contribution in [2.75, 3.05) is 18.6 Å². The van der Waals surface area contributed by atoms with Gasteiger partial charge in [0.05, 0.1) is 10.8 Å². The molecule has 2 N–H and O–H groups in total. The van der Waals surface area contributed by atoms with Crippen molar-refractivity contribution in [3.8, 4) is 11.4 Å². The number of rotatable bonds is 6. The lowest BCUT2D eigenvalue weighted by Crippen LogP contribution is -2.28. The highest BCUT2D eigenvalue weighted by atomic mass is 35.5. The lowest BCUT2D eigenvalue weighted by Gasteiger charge is -2.16. The first kappa shape index (κ1) is 18.3. The van der Waals surface area contributed by atoms with E-state index in [-0.39, 0.29) is 11.7 Å². The number of nitrogen functional groups attached to an aromatic ring is 1. The molecule has 0 aliphatic carbocycles. The van der Waals surface area contributed by atoms with Crippen molar-refractivity contribution in [2.24, 2.45) is 0 Å². The Morgan fingerprint density at radius 1 is 1.15 bits per heavy atom. The third-order valence-electron chi connectivity index (χ3n) is 3.79. The SMILES string of the molecule is CN(Cc1ccccc1)C(=O)CSc1nnc(-c2ccccc2Cl)n1N. The van der Waals surface area contributed by atoms with E-state index in [1.54, 1.807) is 18.0 Å². The van der Waals surface area contributed by atoms with Crippen LogP contribution in [0.1, 0.15) is 5.56 Å². The number of aromatic nitrogens is 3. The van der Waals surface area contributed by atoms with Gasteiger partial charge in [-0.25, -0.2) is 4.68 Å². The van der Waals surface area contributed by atoms with Gasteiger partial charge >= 0.3 is 0 Å². The molecule has 3 rings (SSSR count). The largest absolute Gasteiger partial charge is 0.341 e. The number of thioether (sulfide) groups is 1. The van der Waals surface area contributed by atoms with E-state index in [4.69, 9.17) is 17.4 Å². The average molecular weight is 388 g/mol. The van der Waals surface area contributed by atoms with Gasteiger partial charge in [0, 0.05) is 19.2 Å². The van der Waals surface area contributed by atoms with Crippen LogP contribution in [-0.4, -0.2) is 38.5 Å². The van der Waals surface area contributed by atoms with E-state index in [0.29, 0.717) is 28.1 Å². The maximum Gasteiger partial charge on any atom is 0.233 e. The summed E-state index contributed by atoms with van der Waals surface area (Å²) in [5, 5.41) is 9.17. The van der Waals surface area contributed by atoms with E-state index in [1.165, 1.54) is 16.4 Å². The second kappa shape index (κ2) is 8.25. The lowest BCUT2D eigenvalue weighted by molar-refractivity contribution is -0.127. The van der Waals surface area contributed by atoms with Crippen LogP contribution in [0.2, 0.25) is 5.02 Å². The first-order valence-electron chi connectivity index (χ1n) is 7.92. The number of halogens is 1. The van der Waals surface area contributed by atoms with Gasteiger partial charge < -0.3 is 10.7 Å². The molecule has 0 radical (unpaired) electrons. The number of hydrogen-bond acceptors (Lipinski definition) is 5. The zero-order valence-corrected chi connectivity index (χ0v) is 15.7. The van der Waals surface area contributed by atoms with Crippen LogP contribution in [0.4, 0.5) is 0 Å². The van der Waals surface area contributed by atoms with Crippen molar-refractivity contribution >= 4 is 29.3 Å². The number of benzene rings is 2. The van der Waals surface area contributed by atoms with E-state index in [1.807, 2.05) is 48.5 Å². The number of hydrogen-bond donors (Lipinski definition) is 1. The molecule has 0 aliphatic rings. The molecular weight excluding hydrogens is 370 g/mol. The molecule has 8 heteroatoms. The molecule has 3 aromatic rings. The van der Waals surface area contributed by atoms with Gasteiger partial charge in [-0.3, -0.25) is 4.79 Å². The Bertz CT molecular complexity index is 900. The Morgan fingerprint density at radius 2 is 1.85 bits per heavy atom. The van der Waals surface area contributed by atoms with Crippen molar-refractivity contribution in [1.82, 2.24) is 19.8 Å². The van der Waals surface area contributed by atoms with Crippen molar-refractivity contribution in [3.63, 3.8) is 0 Å². The summed E-state index contributed by atoms with van der Waals surface area (Å²) < 4.78 is 1.36. The van der Waals surface area contributed by atoms with Crippen LogP contribution >= 0.6 is 23.4 Å². The van der Waals surface area contributed by atoms with Gasteiger partial charge in [-0.2, -0.15) is 0 Å². The molecule has 0 unspecified atom stereocenters. The van der Waals surface area contributed by atoms with Gasteiger partial charge in [0.25, 0.3) is 0 Å². The van der Waals surface area contributed by atoms with Crippen LogP contribution in [0, 0.1) is 0 Å². The Balaban J connectivity index is 1.63. The summed E-state index contributed by atoms with van der Waals surface area (Å²) in [5.74, 6) is 6.75. The van der Waals surface area contributed by atoms with Crippen LogP contribution in [0.25, 0.3) is 11.4 Å². The normalized spacial score (nSPS) is 10.7. The summed E-state index contributed by atoms with van der Waals surface area (Å²) in [6.07, 6.45) is 0. The Kier molecular flexibility index (Phi) is 5.80. The van der Waals surface area contributed by atoms with E-state index in [0.717, 1.165) is 5.56 Å². The molecule has 0 spiro atoms. The maximum atomic E-state index is 12.3. The molecule has 0 atom stereocenters. The predicted molar refractivity (Wildman–Crippen MR) is 104 cm³/mol. The first-order valence-corrected chi connectivity index (χ1v) is 9.28. The van der Waals surface area contributed by atoms with E-state index < -0.39 is 0 Å². The summed E-state index contributed by atoms with van der Waals surface area (Å²) in [6.45, 7) is 0.556. The number of nitrogens with two attached hydrogens (primary N) is 1. The molecule has 1 amide bonds. The van der Waals surface area contributed by atoms with Crippen molar-refractivity contribution in [1.29, 1.82) is 0 Å². The second-order valence-electron chi connectivity index (χ2n) is 5.68. The highest BCUT2D eigenvalue weighted by molar-refractivity contribution is 7.99. The predicted octanol–water partition coefficient (Wildman–Crippen LogP) is 3.06. The van der Waals surface area contributed by atoms with Gasteiger partial charge in [-0.15, -0.1) is 10.2 Å². The standard InChI is InChI=1S/C18H18ClN5OS/c1-23(11-13-7-3-2-4-8-13)16(25)12-26-18-22-21-17(24(18)20)14-9-5-6-10-15(14)19/h2-10H,11-12,20H2,1H3. The lowest BCUT2D eigenvalue weighted by atomic mass is 10.2. The van der Waals surface area contributed by atoms with Crippen molar-refractivity contribution in [3.05, 3.63) is 65.2 Å². The maximum absolute atomic E-state index is 12.3. The monoisotopic (exact) mass is 387 g/mol. The fourth-order valence-corrected chi connectivity index (χ4v) is 3.40. The third kappa shape index (κ3) is 4.17. The topological polar surface area (TPSA) is 77.0 Å². The Morgan fingerprint density at radius 3 is 2.58 bits per heavy atom. The number of nitrogens with zero attached hydrogens (tertiary/aromatic N) is 4. The molecule has 1 aromatic heterocycles. The second-order valence-corrected chi connectivity index (χ2v) is 7.03. The summed E-state index contributed by atoms with van der Waals surface area (Å²) in [5.41, 5.74) is 1.78. The van der Waals surface area contributed by atoms with Gasteiger partial charge in [0.2, 0.25) is 11.1 Å².